The Bertz CT molecular complexity index is 1570. The number of carbonyl (C=O) groups excluding carboxylic acids is 1. The molecule has 0 saturated carbocycles. The molecule has 1 aliphatic rings. The molecule has 2 nitrogen and oxygen atoms in total. The van der Waals surface area contributed by atoms with Crippen LogP contribution < -0.4 is 15.9 Å². The number of ether oxygens (including phenoxy) is 1. The Labute approximate surface area is 298 Å². The van der Waals surface area contributed by atoms with Crippen molar-refractivity contribution in [2.24, 2.45) is 23.7 Å². The highest BCUT2D eigenvalue weighted by Crippen LogP contribution is 2.35. The van der Waals surface area contributed by atoms with Gasteiger partial charge in [0, 0.05) is 12.3 Å². The maximum Gasteiger partial charge on any atom is 0.338 e. The predicted molar refractivity (Wildman–Crippen MR) is 212 cm³/mol. The first-order chi connectivity index (χ1) is 23.7. The van der Waals surface area contributed by atoms with E-state index < -0.39 is 7.92 Å². The van der Waals surface area contributed by atoms with E-state index in [1.165, 1.54) is 72.9 Å². The molecule has 1 aliphatic carbocycles. The Hall–Kier alpha value is -3.66. The molecule has 0 aliphatic heterocycles. The van der Waals surface area contributed by atoms with Crippen molar-refractivity contribution in [1.29, 1.82) is 0 Å². The standard InChI is InChI=1S/C25H27O2P.C21H30/c1-19(2)14-15-20-16-17-23(25(26)27-3)24(18-20)28(21-10-6-4-7-11-21)22-12-8-5-9-13-22;1-17(2)10-11-19-12-14-21(15-13-19)16-20-8-4-6-18(3)7-5-9-20/h4-13,16-19H,14-15H2,1-3H3;12-15,17-18,20H,4,6,8-11,16H2,1-3H3. The third-order valence-corrected chi connectivity index (χ3v) is 11.8. The molecule has 4 aromatic carbocycles. The van der Waals surface area contributed by atoms with Crippen molar-refractivity contribution in [1.82, 2.24) is 0 Å². The molecule has 0 saturated heterocycles. The van der Waals surface area contributed by atoms with Crippen molar-refractivity contribution in [3.63, 3.8) is 0 Å². The summed E-state index contributed by atoms with van der Waals surface area (Å²) >= 11 is 0. The van der Waals surface area contributed by atoms with Crippen molar-refractivity contribution in [3.8, 4) is 11.8 Å². The summed E-state index contributed by atoms with van der Waals surface area (Å²) in [5, 5.41) is 3.53. The molecule has 5 rings (SSSR count). The highest BCUT2D eigenvalue weighted by molar-refractivity contribution is 7.80. The Balaban J connectivity index is 0.000000230. The summed E-state index contributed by atoms with van der Waals surface area (Å²) in [7, 11) is 0.602. The maximum absolute atomic E-state index is 12.6. The van der Waals surface area contributed by atoms with Gasteiger partial charge in [-0.2, -0.15) is 0 Å². The van der Waals surface area contributed by atoms with E-state index in [1.807, 2.05) is 18.2 Å². The van der Waals surface area contributed by atoms with E-state index in [4.69, 9.17) is 4.74 Å². The van der Waals surface area contributed by atoms with Gasteiger partial charge < -0.3 is 4.74 Å². The van der Waals surface area contributed by atoms with Crippen LogP contribution in [-0.4, -0.2) is 13.1 Å². The molecular formula is C46H57O2P. The molecule has 0 bridgehead atoms. The minimum atomic E-state index is -0.848. The summed E-state index contributed by atoms with van der Waals surface area (Å²) in [5.41, 5.74) is 4.91. The van der Waals surface area contributed by atoms with Crippen molar-refractivity contribution >= 4 is 29.8 Å². The van der Waals surface area contributed by atoms with Crippen LogP contribution in [0.15, 0.2) is 103 Å². The lowest BCUT2D eigenvalue weighted by Gasteiger charge is -2.22. The number of hydrogen-bond acceptors (Lipinski definition) is 2. The van der Waals surface area contributed by atoms with Gasteiger partial charge in [-0.3, -0.25) is 0 Å². The third kappa shape index (κ3) is 12.6. The largest absolute Gasteiger partial charge is 0.465 e. The van der Waals surface area contributed by atoms with Crippen LogP contribution in [0.25, 0.3) is 0 Å². The average Bonchev–Trinajstić information content (AvgIpc) is 3.10. The first-order valence-electron chi connectivity index (χ1n) is 18.4. The van der Waals surface area contributed by atoms with Gasteiger partial charge in [0.1, 0.15) is 0 Å². The van der Waals surface area contributed by atoms with Crippen molar-refractivity contribution < 1.29 is 9.53 Å². The van der Waals surface area contributed by atoms with Crippen LogP contribution >= 0.6 is 7.92 Å². The highest BCUT2D eigenvalue weighted by Gasteiger charge is 2.23. The number of benzene rings is 4. The Morgan fingerprint density at radius 1 is 0.755 bits per heavy atom. The summed E-state index contributed by atoms with van der Waals surface area (Å²) in [6.07, 6.45) is 10.9. The van der Waals surface area contributed by atoms with Crippen LogP contribution in [0.3, 0.4) is 0 Å². The average molecular weight is 673 g/mol. The second-order valence-electron chi connectivity index (χ2n) is 14.5. The first-order valence-corrected chi connectivity index (χ1v) is 19.7. The third-order valence-electron chi connectivity index (χ3n) is 9.29. The number of hydrogen-bond donors (Lipinski definition) is 0. The van der Waals surface area contributed by atoms with Crippen LogP contribution in [-0.2, 0) is 24.0 Å². The van der Waals surface area contributed by atoms with Crippen molar-refractivity contribution in [3.05, 3.63) is 125 Å². The molecule has 0 heterocycles. The van der Waals surface area contributed by atoms with Gasteiger partial charge in [0.25, 0.3) is 0 Å². The van der Waals surface area contributed by atoms with E-state index >= 15 is 0 Å². The summed E-state index contributed by atoms with van der Waals surface area (Å²) in [5.74, 6) is 9.31. The molecule has 49 heavy (non-hydrogen) atoms. The molecule has 0 amide bonds. The lowest BCUT2D eigenvalue weighted by atomic mass is 9.88. The molecule has 0 aromatic heterocycles. The molecule has 2 atom stereocenters. The van der Waals surface area contributed by atoms with Gasteiger partial charge >= 0.3 is 5.97 Å². The first kappa shape index (κ1) is 38.1. The van der Waals surface area contributed by atoms with Gasteiger partial charge in [-0.1, -0.05) is 132 Å². The SMILES string of the molecule is CC(C)CCc1ccc(CC2CC#CC(C)CCC2)cc1.COC(=O)c1ccc(CCC(C)C)cc1P(c1ccccc1)c1ccccc1. The Morgan fingerprint density at radius 2 is 1.31 bits per heavy atom. The van der Waals surface area contributed by atoms with Crippen molar-refractivity contribution in [2.75, 3.05) is 7.11 Å². The summed E-state index contributed by atoms with van der Waals surface area (Å²) in [4.78, 5) is 12.6. The molecule has 2 unspecified atom stereocenters. The summed E-state index contributed by atoms with van der Waals surface area (Å²) < 4.78 is 5.11. The fraction of sp³-hybridized carbons (Fsp3) is 0.413. The normalized spacial score (nSPS) is 15.9. The highest BCUT2D eigenvalue weighted by atomic mass is 31.1. The molecule has 258 valence electrons. The van der Waals surface area contributed by atoms with E-state index in [0.717, 1.165) is 36.4 Å². The second kappa shape index (κ2) is 20.1. The topological polar surface area (TPSA) is 26.3 Å². The Morgan fingerprint density at radius 3 is 1.88 bits per heavy atom. The van der Waals surface area contributed by atoms with E-state index in [0.29, 0.717) is 17.4 Å². The number of carbonyl (C=O) groups is 1. The van der Waals surface area contributed by atoms with Crippen molar-refractivity contribution in [2.45, 2.75) is 92.4 Å². The smallest absolute Gasteiger partial charge is 0.338 e. The van der Waals surface area contributed by atoms with Gasteiger partial charge in [0.2, 0.25) is 0 Å². The summed E-state index contributed by atoms with van der Waals surface area (Å²) in [6, 6.07) is 36.5. The minimum absolute atomic E-state index is 0.273. The summed E-state index contributed by atoms with van der Waals surface area (Å²) in [6.45, 7) is 11.3. The zero-order valence-electron chi connectivity index (χ0n) is 30.8. The van der Waals surface area contributed by atoms with Gasteiger partial charge in [0.05, 0.1) is 12.7 Å². The van der Waals surface area contributed by atoms with Crippen LogP contribution in [0, 0.1) is 35.5 Å². The molecule has 4 aromatic rings. The zero-order chi connectivity index (χ0) is 35.0. The fourth-order valence-electron chi connectivity index (χ4n) is 6.31. The number of aryl methyl sites for hydroxylation is 2. The molecule has 0 N–H and O–H groups in total. The minimum Gasteiger partial charge on any atom is -0.465 e. The zero-order valence-corrected chi connectivity index (χ0v) is 31.6. The fourth-order valence-corrected chi connectivity index (χ4v) is 8.80. The van der Waals surface area contributed by atoms with Crippen LogP contribution in [0.5, 0.6) is 0 Å². The number of rotatable bonds is 12. The van der Waals surface area contributed by atoms with E-state index in [1.54, 1.807) is 0 Å². The van der Waals surface area contributed by atoms with Gasteiger partial charge in [0.15, 0.2) is 0 Å². The van der Waals surface area contributed by atoms with Gasteiger partial charge in [-0.25, -0.2) is 4.79 Å². The Kier molecular flexibility index (Phi) is 15.7. The van der Waals surface area contributed by atoms with E-state index in [2.05, 4.69) is 131 Å². The predicted octanol–water partition coefficient (Wildman–Crippen LogP) is 10.5. The lowest BCUT2D eigenvalue weighted by molar-refractivity contribution is 0.0602. The lowest BCUT2D eigenvalue weighted by Crippen LogP contribution is -2.26. The number of esters is 1. The molecule has 0 spiro atoms. The molecule has 0 radical (unpaired) electrons. The van der Waals surface area contributed by atoms with E-state index in [-0.39, 0.29) is 5.97 Å². The quantitative estimate of drug-likeness (QED) is 0.0851. The second-order valence-corrected chi connectivity index (χ2v) is 16.6. The van der Waals surface area contributed by atoms with E-state index in [9.17, 15) is 4.79 Å². The van der Waals surface area contributed by atoms with Gasteiger partial charge in [-0.05, 0) is 115 Å². The molecular weight excluding hydrogens is 615 g/mol. The number of methoxy groups -OCH3 is 1. The molecule has 0 fully saturated rings. The monoisotopic (exact) mass is 672 g/mol. The molecule has 3 heteroatoms. The maximum atomic E-state index is 12.6. The van der Waals surface area contributed by atoms with Crippen LogP contribution in [0.4, 0.5) is 0 Å². The van der Waals surface area contributed by atoms with Crippen LogP contribution in [0.1, 0.15) is 100 Å². The van der Waals surface area contributed by atoms with Gasteiger partial charge in [-0.15, -0.1) is 11.8 Å². The van der Waals surface area contributed by atoms with Crippen LogP contribution in [0.2, 0.25) is 0 Å².